The number of aliphatic hydroxyl groups excluding tert-OH is 1. The number of rotatable bonds is 3. The van der Waals surface area contributed by atoms with Gasteiger partial charge >= 0.3 is 0 Å². The monoisotopic (exact) mass is 254 g/mol. The highest BCUT2D eigenvalue weighted by molar-refractivity contribution is 5.33. The molecule has 0 radical (unpaired) electrons. The second kappa shape index (κ2) is 4.19. The van der Waals surface area contributed by atoms with Crippen LogP contribution >= 0.6 is 0 Å². The van der Waals surface area contributed by atoms with E-state index in [1.54, 1.807) is 0 Å². The van der Waals surface area contributed by atoms with Crippen LogP contribution in [0.1, 0.15) is 30.9 Å². The molecule has 3 atom stereocenters. The number of aliphatic hydroxyl groups is 1. The van der Waals surface area contributed by atoms with E-state index in [4.69, 9.17) is 4.74 Å². The normalized spacial score (nSPS) is 31.0. The predicted molar refractivity (Wildman–Crippen MR) is 62.2 cm³/mol. The van der Waals surface area contributed by atoms with Crippen LogP contribution in [0.3, 0.4) is 0 Å². The molecule has 1 aromatic carbocycles. The van der Waals surface area contributed by atoms with Crippen LogP contribution in [0.4, 0.5) is 8.78 Å². The average molecular weight is 254 g/mol. The zero-order valence-electron chi connectivity index (χ0n) is 10.2. The number of methoxy groups -OCH3 is 1. The molecule has 18 heavy (non-hydrogen) atoms. The first kappa shape index (κ1) is 11.9. The van der Waals surface area contributed by atoms with Gasteiger partial charge in [-0.15, -0.1) is 0 Å². The van der Waals surface area contributed by atoms with Crippen LogP contribution in [0.5, 0.6) is 5.75 Å². The summed E-state index contributed by atoms with van der Waals surface area (Å²) in [7, 11) is 1.36. The van der Waals surface area contributed by atoms with E-state index in [9.17, 15) is 13.9 Å². The van der Waals surface area contributed by atoms with Crippen LogP contribution in [-0.4, -0.2) is 12.2 Å². The SMILES string of the molecule is COc1cc(F)c(C(O)C2C3CCCC32)c(F)c1. The van der Waals surface area contributed by atoms with Gasteiger partial charge < -0.3 is 9.84 Å². The smallest absolute Gasteiger partial charge is 0.135 e. The third-order valence-corrected chi connectivity index (χ3v) is 4.42. The number of halogens is 2. The van der Waals surface area contributed by atoms with Crippen molar-refractivity contribution >= 4 is 0 Å². The van der Waals surface area contributed by atoms with Crippen LogP contribution < -0.4 is 4.74 Å². The number of benzene rings is 1. The summed E-state index contributed by atoms with van der Waals surface area (Å²) >= 11 is 0. The summed E-state index contributed by atoms with van der Waals surface area (Å²) in [5.41, 5.74) is -0.199. The predicted octanol–water partition coefficient (Wildman–Crippen LogP) is 3.05. The van der Waals surface area contributed by atoms with E-state index in [-0.39, 0.29) is 17.2 Å². The molecule has 2 aliphatic carbocycles. The standard InChI is InChI=1S/C14H16F2O2/c1-18-7-5-10(15)13(11(16)6-7)14(17)12-8-3-2-4-9(8)12/h5-6,8-9,12,14,17H,2-4H2,1H3. The molecule has 3 unspecified atom stereocenters. The topological polar surface area (TPSA) is 29.5 Å². The third-order valence-electron chi connectivity index (χ3n) is 4.42. The summed E-state index contributed by atoms with van der Waals surface area (Å²) in [6.07, 6.45) is 2.30. The Labute approximate surface area is 105 Å². The van der Waals surface area contributed by atoms with Crippen molar-refractivity contribution in [2.45, 2.75) is 25.4 Å². The molecule has 2 saturated carbocycles. The Balaban J connectivity index is 1.88. The van der Waals surface area contributed by atoms with Crippen LogP contribution in [0.2, 0.25) is 0 Å². The van der Waals surface area contributed by atoms with Crippen molar-refractivity contribution in [1.29, 1.82) is 0 Å². The number of fused-ring (bicyclic) bond motifs is 1. The molecule has 0 aromatic heterocycles. The first-order chi connectivity index (χ1) is 8.63. The molecule has 0 spiro atoms. The maximum absolute atomic E-state index is 13.8. The van der Waals surface area contributed by atoms with Crippen molar-refractivity contribution in [2.75, 3.05) is 7.11 Å². The molecule has 0 amide bonds. The van der Waals surface area contributed by atoms with E-state index in [1.165, 1.54) is 13.5 Å². The molecule has 4 heteroatoms. The Morgan fingerprint density at radius 2 is 1.78 bits per heavy atom. The minimum absolute atomic E-state index is 0.0381. The summed E-state index contributed by atoms with van der Waals surface area (Å²) in [5, 5.41) is 10.2. The zero-order valence-corrected chi connectivity index (χ0v) is 10.2. The van der Waals surface area contributed by atoms with Gasteiger partial charge in [0.1, 0.15) is 17.4 Å². The summed E-state index contributed by atoms with van der Waals surface area (Å²) in [6.45, 7) is 0. The van der Waals surface area contributed by atoms with E-state index in [0.29, 0.717) is 11.8 Å². The number of ether oxygens (including phenoxy) is 1. The highest BCUT2D eigenvalue weighted by atomic mass is 19.1. The largest absolute Gasteiger partial charge is 0.497 e. The Kier molecular flexibility index (Phi) is 2.77. The van der Waals surface area contributed by atoms with Crippen LogP contribution in [0.15, 0.2) is 12.1 Å². The minimum atomic E-state index is -1.02. The van der Waals surface area contributed by atoms with Gasteiger partial charge in [-0.3, -0.25) is 0 Å². The van der Waals surface area contributed by atoms with Gasteiger partial charge in [0.05, 0.1) is 18.8 Å². The lowest BCUT2D eigenvalue weighted by atomic mass is 9.98. The Morgan fingerprint density at radius 1 is 1.22 bits per heavy atom. The van der Waals surface area contributed by atoms with Crippen LogP contribution in [0, 0.1) is 29.4 Å². The summed E-state index contributed by atoms with van der Waals surface area (Å²) in [6, 6.07) is 2.25. The van der Waals surface area contributed by atoms with E-state index < -0.39 is 17.7 Å². The minimum Gasteiger partial charge on any atom is -0.497 e. The molecule has 0 heterocycles. The van der Waals surface area contributed by atoms with Crippen molar-refractivity contribution in [3.63, 3.8) is 0 Å². The molecular formula is C14H16F2O2. The lowest BCUT2D eigenvalue weighted by Crippen LogP contribution is -2.09. The van der Waals surface area contributed by atoms with Gasteiger partial charge in [0.2, 0.25) is 0 Å². The van der Waals surface area contributed by atoms with Gasteiger partial charge in [-0.25, -0.2) is 8.78 Å². The molecule has 2 aliphatic rings. The summed E-state index contributed by atoms with van der Waals surface area (Å²) in [5.74, 6) is -0.344. The Hall–Kier alpha value is -1.16. The highest BCUT2D eigenvalue weighted by Gasteiger charge is 2.56. The van der Waals surface area contributed by atoms with Crippen LogP contribution in [0.25, 0.3) is 0 Å². The van der Waals surface area contributed by atoms with Crippen molar-refractivity contribution in [3.05, 3.63) is 29.3 Å². The van der Waals surface area contributed by atoms with Gasteiger partial charge in [-0.2, -0.15) is 0 Å². The van der Waals surface area contributed by atoms with Gasteiger partial charge in [0.15, 0.2) is 0 Å². The first-order valence-electron chi connectivity index (χ1n) is 6.34. The molecule has 1 aromatic rings. The molecule has 2 nitrogen and oxygen atoms in total. The first-order valence-corrected chi connectivity index (χ1v) is 6.34. The van der Waals surface area contributed by atoms with Crippen LogP contribution in [-0.2, 0) is 0 Å². The number of hydrogen-bond donors (Lipinski definition) is 1. The van der Waals surface area contributed by atoms with Crippen molar-refractivity contribution in [3.8, 4) is 5.75 Å². The summed E-state index contributed by atoms with van der Waals surface area (Å²) < 4.78 is 32.5. The Bertz CT molecular complexity index is 442. The van der Waals surface area contributed by atoms with E-state index in [0.717, 1.165) is 25.0 Å². The molecule has 0 aliphatic heterocycles. The molecule has 98 valence electrons. The van der Waals surface area contributed by atoms with Gasteiger partial charge in [0.25, 0.3) is 0 Å². The maximum Gasteiger partial charge on any atom is 0.135 e. The second-order valence-corrected chi connectivity index (χ2v) is 5.29. The van der Waals surface area contributed by atoms with Gasteiger partial charge in [-0.1, -0.05) is 6.42 Å². The second-order valence-electron chi connectivity index (χ2n) is 5.29. The fraction of sp³-hybridized carbons (Fsp3) is 0.571. The fourth-order valence-electron chi connectivity index (χ4n) is 3.50. The average Bonchev–Trinajstić information content (AvgIpc) is 2.81. The fourth-order valence-corrected chi connectivity index (χ4v) is 3.50. The van der Waals surface area contributed by atoms with E-state index >= 15 is 0 Å². The van der Waals surface area contributed by atoms with E-state index in [1.807, 2.05) is 0 Å². The maximum atomic E-state index is 13.8. The van der Waals surface area contributed by atoms with E-state index in [2.05, 4.69) is 0 Å². The molecule has 1 N–H and O–H groups in total. The van der Waals surface area contributed by atoms with Crippen molar-refractivity contribution < 1.29 is 18.6 Å². The third kappa shape index (κ3) is 1.70. The van der Waals surface area contributed by atoms with Crippen molar-refractivity contribution in [1.82, 2.24) is 0 Å². The molecule has 0 bridgehead atoms. The van der Waals surface area contributed by atoms with Gasteiger partial charge in [-0.05, 0) is 30.6 Å². The summed E-state index contributed by atoms with van der Waals surface area (Å²) in [4.78, 5) is 0. The zero-order chi connectivity index (χ0) is 12.9. The lowest BCUT2D eigenvalue weighted by Gasteiger charge is -2.15. The van der Waals surface area contributed by atoms with Crippen molar-refractivity contribution in [2.24, 2.45) is 17.8 Å². The highest BCUT2D eigenvalue weighted by Crippen LogP contribution is 2.62. The molecule has 0 saturated heterocycles. The number of hydrogen-bond acceptors (Lipinski definition) is 2. The molecule has 2 fully saturated rings. The Morgan fingerprint density at radius 3 is 2.28 bits per heavy atom. The quantitative estimate of drug-likeness (QED) is 0.898. The lowest BCUT2D eigenvalue weighted by molar-refractivity contribution is 0.128. The molecule has 3 rings (SSSR count). The molecular weight excluding hydrogens is 238 g/mol. The van der Waals surface area contributed by atoms with Gasteiger partial charge in [0, 0.05) is 12.1 Å².